The fraction of sp³-hybridized carbons (Fsp3) is 0.267. The number of nitrogens with zero attached hydrogens (tertiary/aromatic N) is 3. The minimum absolute atomic E-state index is 0.961. The van der Waals surface area contributed by atoms with Crippen LogP contribution in [0, 0.1) is 6.92 Å². The predicted octanol–water partition coefficient (Wildman–Crippen LogP) is 3.74. The van der Waals surface area contributed by atoms with Gasteiger partial charge in [-0.3, -0.25) is 0 Å². The van der Waals surface area contributed by atoms with Crippen molar-refractivity contribution in [1.29, 1.82) is 0 Å². The summed E-state index contributed by atoms with van der Waals surface area (Å²) in [6, 6.07) is 10.6. The average molecular weight is 318 g/mol. The van der Waals surface area contributed by atoms with Crippen LogP contribution >= 0.6 is 15.9 Å². The van der Waals surface area contributed by atoms with Gasteiger partial charge in [0.2, 0.25) is 0 Å². The number of likely N-dealkylation sites (N-methyl/N-ethyl adjacent to an activating group) is 1. The summed E-state index contributed by atoms with van der Waals surface area (Å²) in [6.07, 6.45) is 1.86. The number of pyridine rings is 1. The summed E-state index contributed by atoms with van der Waals surface area (Å²) in [5.41, 5.74) is 3.68. The molecular formula is C15H16BrN3. The van der Waals surface area contributed by atoms with Crippen molar-refractivity contribution in [3.05, 3.63) is 46.6 Å². The average Bonchev–Trinajstić information content (AvgIpc) is 2.41. The normalized spacial score (nSPS) is 14.5. The number of anilines is 3. The van der Waals surface area contributed by atoms with Gasteiger partial charge in [0.05, 0.1) is 11.4 Å². The third-order valence-corrected chi connectivity index (χ3v) is 3.95. The Morgan fingerprint density at radius 2 is 1.89 bits per heavy atom. The molecule has 0 N–H and O–H groups in total. The number of halogens is 1. The first kappa shape index (κ1) is 12.5. The maximum absolute atomic E-state index is 4.59. The fourth-order valence-electron chi connectivity index (χ4n) is 2.54. The third kappa shape index (κ3) is 2.21. The van der Waals surface area contributed by atoms with Crippen LogP contribution in [0.3, 0.4) is 0 Å². The van der Waals surface area contributed by atoms with Gasteiger partial charge in [-0.1, -0.05) is 12.1 Å². The monoisotopic (exact) mass is 317 g/mol. The topological polar surface area (TPSA) is 19.4 Å². The van der Waals surface area contributed by atoms with Crippen molar-refractivity contribution in [3.8, 4) is 0 Å². The Morgan fingerprint density at radius 1 is 1.16 bits per heavy atom. The van der Waals surface area contributed by atoms with Gasteiger partial charge in [0.15, 0.2) is 0 Å². The van der Waals surface area contributed by atoms with E-state index in [0.717, 1.165) is 23.4 Å². The van der Waals surface area contributed by atoms with E-state index in [4.69, 9.17) is 0 Å². The summed E-state index contributed by atoms with van der Waals surface area (Å²) in [6.45, 7) is 4.07. The number of aryl methyl sites for hydroxylation is 1. The van der Waals surface area contributed by atoms with Crippen LogP contribution in [0.5, 0.6) is 0 Å². The largest absolute Gasteiger partial charge is 0.371 e. The summed E-state index contributed by atoms with van der Waals surface area (Å²) in [4.78, 5) is 9.18. The number of hydrogen-bond acceptors (Lipinski definition) is 3. The molecule has 19 heavy (non-hydrogen) atoms. The van der Waals surface area contributed by atoms with Gasteiger partial charge in [0, 0.05) is 30.8 Å². The van der Waals surface area contributed by atoms with Crippen LogP contribution < -0.4 is 9.80 Å². The van der Waals surface area contributed by atoms with Gasteiger partial charge in [0.1, 0.15) is 5.82 Å². The zero-order chi connectivity index (χ0) is 13.4. The minimum Gasteiger partial charge on any atom is -0.371 e. The first-order chi connectivity index (χ1) is 9.16. The second kappa shape index (κ2) is 4.85. The van der Waals surface area contributed by atoms with Crippen molar-refractivity contribution in [2.24, 2.45) is 0 Å². The number of para-hydroxylation sites is 2. The van der Waals surface area contributed by atoms with Gasteiger partial charge >= 0.3 is 0 Å². The Kier molecular flexibility index (Phi) is 3.19. The molecule has 0 saturated carbocycles. The molecule has 4 heteroatoms. The lowest BCUT2D eigenvalue weighted by Crippen LogP contribution is -2.37. The molecule has 3 nitrogen and oxygen atoms in total. The van der Waals surface area contributed by atoms with Crippen molar-refractivity contribution in [1.82, 2.24) is 4.98 Å². The Bertz CT molecular complexity index is 612. The summed E-state index contributed by atoms with van der Waals surface area (Å²) >= 11 is 3.47. The van der Waals surface area contributed by atoms with Crippen LogP contribution in [0.1, 0.15) is 5.56 Å². The lowest BCUT2D eigenvalue weighted by atomic mass is 10.1. The van der Waals surface area contributed by atoms with Crippen LogP contribution in [-0.4, -0.2) is 25.1 Å². The first-order valence-electron chi connectivity index (χ1n) is 6.36. The summed E-state index contributed by atoms with van der Waals surface area (Å²) < 4.78 is 1.02. The van der Waals surface area contributed by atoms with Crippen molar-refractivity contribution in [3.63, 3.8) is 0 Å². The molecule has 0 unspecified atom stereocenters. The molecule has 3 rings (SSSR count). The molecule has 0 atom stereocenters. The summed E-state index contributed by atoms with van der Waals surface area (Å²) in [7, 11) is 2.14. The lowest BCUT2D eigenvalue weighted by molar-refractivity contribution is 0.810. The molecule has 0 saturated heterocycles. The van der Waals surface area contributed by atoms with Gasteiger partial charge in [-0.2, -0.15) is 0 Å². The maximum atomic E-state index is 4.59. The molecule has 0 amide bonds. The number of aromatic nitrogens is 1. The van der Waals surface area contributed by atoms with Gasteiger partial charge in [0.25, 0.3) is 0 Å². The Labute approximate surface area is 122 Å². The van der Waals surface area contributed by atoms with E-state index >= 15 is 0 Å². The van der Waals surface area contributed by atoms with Crippen molar-refractivity contribution in [2.75, 3.05) is 29.9 Å². The standard InChI is InChI=1S/C15H16BrN3/c1-11-9-12(16)10-17-15(11)19-8-7-18(2)13-5-3-4-6-14(13)19/h3-6,9-10H,7-8H2,1-2H3. The predicted molar refractivity (Wildman–Crippen MR) is 83.4 cm³/mol. The number of benzene rings is 1. The highest BCUT2D eigenvalue weighted by atomic mass is 79.9. The van der Waals surface area contributed by atoms with E-state index in [1.165, 1.54) is 16.9 Å². The van der Waals surface area contributed by atoms with Crippen molar-refractivity contribution in [2.45, 2.75) is 6.92 Å². The molecule has 0 aliphatic carbocycles. The van der Waals surface area contributed by atoms with Crippen LogP contribution in [0.2, 0.25) is 0 Å². The molecule has 2 aromatic rings. The molecule has 0 spiro atoms. The van der Waals surface area contributed by atoms with Gasteiger partial charge in [-0.15, -0.1) is 0 Å². The number of rotatable bonds is 1. The Morgan fingerprint density at radius 3 is 2.63 bits per heavy atom. The zero-order valence-corrected chi connectivity index (χ0v) is 12.7. The number of fused-ring (bicyclic) bond motifs is 1. The zero-order valence-electron chi connectivity index (χ0n) is 11.1. The number of hydrogen-bond donors (Lipinski definition) is 0. The molecule has 1 aliphatic rings. The molecule has 98 valence electrons. The molecule has 0 radical (unpaired) electrons. The highest BCUT2D eigenvalue weighted by Crippen LogP contribution is 2.37. The van der Waals surface area contributed by atoms with Crippen LogP contribution in [0.4, 0.5) is 17.2 Å². The summed E-state index contributed by atoms with van der Waals surface area (Å²) in [5.74, 6) is 1.05. The molecule has 1 aromatic carbocycles. The first-order valence-corrected chi connectivity index (χ1v) is 7.16. The molecule has 1 aliphatic heterocycles. The highest BCUT2D eigenvalue weighted by Gasteiger charge is 2.22. The smallest absolute Gasteiger partial charge is 0.136 e. The van der Waals surface area contributed by atoms with E-state index < -0.39 is 0 Å². The quantitative estimate of drug-likeness (QED) is 0.798. The van der Waals surface area contributed by atoms with Crippen LogP contribution in [-0.2, 0) is 0 Å². The van der Waals surface area contributed by atoms with E-state index in [-0.39, 0.29) is 0 Å². The van der Waals surface area contributed by atoms with E-state index in [1.54, 1.807) is 0 Å². The van der Waals surface area contributed by atoms with Gasteiger partial charge in [-0.25, -0.2) is 4.98 Å². The fourth-order valence-corrected chi connectivity index (χ4v) is 2.99. The van der Waals surface area contributed by atoms with E-state index in [0.29, 0.717) is 0 Å². The molecule has 0 bridgehead atoms. The van der Waals surface area contributed by atoms with E-state index in [2.05, 4.69) is 75.0 Å². The lowest BCUT2D eigenvalue weighted by Gasteiger charge is -2.36. The van der Waals surface area contributed by atoms with Crippen molar-refractivity contribution < 1.29 is 0 Å². The highest BCUT2D eigenvalue weighted by molar-refractivity contribution is 9.10. The SMILES string of the molecule is Cc1cc(Br)cnc1N1CCN(C)c2ccccc21. The molecular weight excluding hydrogens is 302 g/mol. The van der Waals surface area contributed by atoms with Crippen molar-refractivity contribution >= 4 is 33.1 Å². The summed E-state index contributed by atoms with van der Waals surface area (Å²) in [5, 5.41) is 0. The second-order valence-corrected chi connectivity index (χ2v) is 5.77. The Balaban J connectivity index is 2.09. The van der Waals surface area contributed by atoms with E-state index in [1.807, 2.05) is 6.20 Å². The molecule has 2 heterocycles. The molecule has 0 fully saturated rings. The van der Waals surface area contributed by atoms with Crippen LogP contribution in [0.15, 0.2) is 41.0 Å². The minimum atomic E-state index is 0.961. The second-order valence-electron chi connectivity index (χ2n) is 4.86. The van der Waals surface area contributed by atoms with Gasteiger partial charge < -0.3 is 9.80 Å². The third-order valence-electron chi connectivity index (χ3n) is 3.52. The van der Waals surface area contributed by atoms with Crippen LogP contribution in [0.25, 0.3) is 0 Å². The molecule has 1 aromatic heterocycles. The maximum Gasteiger partial charge on any atom is 0.136 e. The van der Waals surface area contributed by atoms with E-state index in [9.17, 15) is 0 Å². The van der Waals surface area contributed by atoms with Gasteiger partial charge in [-0.05, 0) is 46.6 Å². The Hall–Kier alpha value is -1.55.